The highest BCUT2D eigenvalue weighted by atomic mass is 32.2. The quantitative estimate of drug-likeness (QED) is 0.343. The lowest BCUT2D eigenvalue weighted by Crippen LogP contribution is -2.55. The first-order chi connectivity index (χ1) is 20.2. The molecule has 3 heterocycles. The van der Waals surface area contributed by atoms with Crippen LogP contribution in [0.2, 0.25) is 0 Å². The molecule has 3 N–H and O–H groups in total. The summed E-state index contributed by atoms with van der Waals surface area (Å²) in [5.74, 6) is -1.72. The normalized spacial score (nSPS) is 28.5. The molecule has 2 aromatic carbocycles. The van der Waals surface area contributed by atoms with Crippen LogP contribution in [0.3, 0.4) is 0 Å². The number of nitrogens with zero attached hydrogens (tertiary/aromatic N) is 2. The molecule has 3 fully saturated rings. The number of carbonyl (C=O) groups excluding carboxylic acids is 3. The second-order valence-corrected chi connectivity index (χ2v) is 13.9. The first-order valence-electron chi connectivity index (χ1n) is 15.3. The maximum Gasteiger partial charge on any atom is 0.248 e. The number of hydrogen-bond donors (Lipinski definition) is 3. The zero-order valence-corrected chi connectivity index (χ0v) is 26.0. The fourth-order valence-electron chi connectivity index (χ4n) is 7.51. The average molecular weight is 593 g/mol. The van der Waals surface area contributed by atoms with E-state index in [4.69, 9.17) is 0 Å². The predicted molar refractivity (Wildman–Crippen MR) is 169 cm³/mol. The van der Waals surface area contributed by atoms with E-state index in [0.717, 1.165) is 37.2 Å². The molecule has 3 aliphatic rings. The minimum Gasteiger partial charge on any atom is -0.394 e. The first-order valence-corrected chi connectivity index (χ1v) is 16.1. The second kappa shape index (κ2) is 12.3. The Morgan fingerprint density at radius 3 is 2.36 bits per heavy atom. The standard InChI is InChI=1S/C33H44N4O4S/c1-5-19-34-29(39)26-27-31(41)37(25(21-38)20-22-11-9-8-10-12-22)28(33(27)18-17-32(26,4)42-33)30(40)35-23-13-15-24(16-14-23)36(6-2)7-3/h8-16,25-28,38H,5-7,17-21H2,1-4H3,(H,34,39)(H,35,40)/t25-,26-,27+,28?,32+,33?/m1/s1. The second-order valence-electron chi connectivity index (χ2n) is 12.0. The number of amides is 3. The van der Waals surface area contributed by atoms with Gasteiger partial charge in [-0.2, -0.15) is 0 Å². The zero-order valence-electron chi connectivity index (χ0n) is 25.1. The molecule has 3 aliphatic heterocycles. The highest BCUT2D eigenvalue weighted by Gasteiger charge is 2.77. The third-order valence-electron chi connectivity index (χ3n) is 9.48. The van der Waals surface area contributed by atoms with Crippen molar-refractivity contribution < 1.29 is 19.5 Å². The maximum absolute atomic E-state index is 14.5. The number of fused-ring (bicyclic) bond motifs is 1. The molecule has 3 saturated heterocycles. The van der Waals surface area contributed by atoms with Gasteiger partial charge in [0.25, 0.3) is 0 Å². The van der Waals surface area contributed by atoms with Crippen LogP contribution in [0.1, 0.15) is 52.5 Å². The van der Waals surface area contributed by atoms with Crippen LogP contribution < -0.4 is 15.5 Å². The van der Waals surface area contributed by atoms with Gasteiger partial charge in [-0.15, -0.1) is 11.8 Å². The Bertz CT molecular complexity index is 1290. The fourth-order valence-corrected chi connectivity index (χ4v) is 9.85. The van der Waals surface area contributed by atoms with E-state index in [0.29, 0.717) is 25.1 Å². The number of aliphatic hydroxyl groups excluding tert-OH is 1. The minimum atomic E-state index is -0.811. The number of rotatable bonds is 12. The number of aliphatic hydroxyl groups is 1. The summed E-state index contributed by atoms with van der Waals surface area (Å²) in [5.41, 5.74) is 2.72. The maximum atomic E-state index is 14.5. The van der Waals surface area contributed by atoms with Gasteiger partial charge in [0, 0.05) is 35.8 Å². The molecule has 2 bridgehead atoms. The van der Waals surface area contributed by atoms with Crippen LogP contribution in [0.25, 0.3) is 0 Å². The molecule has 2 aromatic rings. The lowest BCUT2D eigenvalue weighted by Gasteiger charge is -2.37. The summed E-state index contributed by atoms with van der Waals surface area (Å²) in [5, 5.41) is 16.8. The predicted octanol–water partition coefficient (Wildman–Crippen LogP) is 4.08. The third kappa shape index (κ3) is 5.19. The van der Waals surface area contributed by atoms with E-state index < -0.39 is 33.4 Å². The van der Waals surface area contributed by atoms with Crippen LogP contribution in [0.15, 0.2) is 54.6 Å². The number of hydrogen-bond acceptors (Lipinski definition) is 6. The van der Waals surface area contributed by atoms with Crippen molar-refractivity contribution in [1.29, 1.82) is 0 Å². The van der Waals surface area contributed by atoms with Crippen LogP contribution in [-0.4, -0.2) is 75.5 Å². The third-order valence-corrected chi connectivity index (χ3v) is 11.5. The molecule has 0 aromatic heterocycles. The fraction of sp³-hybridized carbons (Fsp3) is 0.545. The summed E-state index contributed by atoms with van der Waals surface area (Å²) in [6.07, 6.45) is 2.65. The van der Waals surface area contributed by atoms with Gasteiger partial charge in [0.1, 0.15) is 6.04 Å². The monoisotopic (exact) mass is 592 g/mol. The van der Waals surface area contributed by atoms with Gasteiger partial charge >= 0.3 is 0 Å². The summed E-state index contributed by atoms with van der Waals surface area (Å²) in [6.45, 7) is 10.3. The van der Waals surface area contributed by atoms with E-state index >= 15 is 0 Å². The van der Waals surface area contributed by atoms with Crippen molar-refractivity contribution in [2.24, 2.45) is 11.8 Å². The number of carbonyl (C=O) groups is 3. The molecule has 0 aliphatic carbocycles. The minimum absolute atomic E-state index is 0.108. The van der Waals surface area contributed by atoms with Crippen molar-refractivity contribution in [3.8, 4) is 0 Å². The molecular formula is C33H44N4O4S. The SMILES string of the molecule is CCCNC(=O)[C@H]1[C@H]2C(=O)N([C@@H](CO)Cc3ccccc3)C(C(=O)Nc3ccc(N(CC)CC)cc3)C23CC[C@]1(C)S3. The number of nitrogens with one attached hydrogen (secondary N) is 2. The van der Waals surface area contributed by atoms with Gasteiger partial charge in [-0.25, -0.2) is 0 Å². The van der Waals surface area contributed by atoms with Gasteiger partial charge in [0.15, 0.2) is 0 Å². The summed E-state index contributed by atoms with van der Waals surface area (Å²) >= 11 is 1.65. The highest BCUT2D eigenvalue weighted by Crippen LogP contribution is 2.71. The molecular weight excluding hydrogens is 548 g/mol. The Kier molecular flexibility index (Phi) is 8.90. The van der Waals surface area contributed by atoms with Crippen molar-refractivity contribution in [3.63, 3.8) is 0 Å². The van der Waals surface area contributed by atoms with Crippen molar-refractivity contribution in [3.05, 3.63) is 60.2 Å². The zero-order chi connectivity index (χ0) is 30.1. The van der Waals surface area contributed by atoms with Crippen LogP contribution >= 0.6 is 11.8 Å². The first kappa shape index (κ1) is 30.4. The topological polar surface area (TPSA) is 102 Å². The summed E-state index contributed by atoms with van der Waals surface area (Å²) in [4.78, 5) is 46.3. The number of benzene rings is 2. The van der Waals surface area contributed by atoms with E-state index in [9.17, 15) is 19.5 Å². The van der Waals surface area contributed by atoms with Crippen LogP contribution in [0, 0.1) is 11.8 Å². The van der Waals surface area contributed by atoms with Crippen molar-refractivity contribution in [1.82, 2.24) is 10.2 Å². The summed E-state index contributed by atoms with van der Waals surface area (Å²) < 4.78 is -1.17. The van der Waals surface area contributed by atoms with E-state index in [1.54, 1.807) is 16.7 Å². The van der Waals surface area contributed by atoms with E-state index in [1.807, 2.05) is 61.5 Å². The molecule has 2 unspecified atom stereocenters. The highest BCUT2D eigenvalue weighted by molar-refractivity contribution is 8.02. The molecule has 1 spiro atoms. The Morgan fingerprint density at radius 2 is 1.74 bits per heavy atom. The molecule has 5 rings (SSSR count). The average Bonchev–Trinajstić information content (AvgIpc) is 3.57. The van der Waals surface area contributed by atoms with Crippen molar-refractivity contribution in [2.75, 3.05) is 36.5 Å². The number of likely N-dealkylation sites (tertiary alicyclic amines) is 1. The van der Waals surface area contributed by atoms with E-state index in [1.165, 1.54) is 0 Å². The lowest BCUT2D eigenvalue weighted by atomic mass is 9.66. The molecule has 8 nitrogen and oxygen atoms in total. The van der Waals surface area contributed by atoms with Crippen molar-refractivity contribution in [2.45, 2.75) is 75.0 Å². The molecule has 0 saturated carbocycles. The number of anilines is 2. The largest absolute Gasteiger partial charge is 0.394 e. The Balaban J connectivity index is 1.51. The van der Waals surface area contributed by atoms with Crippen LogP contribution in [0.5, 0.6) is 0 Å². The molecule has 3 amide bonds. The molecule has 42 heavy (non-hydrogen) atoms. The summed E-state index contributed by atoms with van der Waals surface area (Å²) in [6, 6.07) is 16.1. The Labute approximate surface area is 253 Å². The van der Waals surface area contributed by atoms with Gasteiger partial charge in [-0.1, -0.05) is 37.3 Å². The lowest BCUT2D eigenvalue weighted by molar-refractivity contribution is -0.142. The molecule has 226 valence electrons. The number of thioether (sulfide) groups is 1. The van der Waals surface area contributed by atoms with Gasteiger partial charge in [0.2, 0.25) is 17.7 Å². The van der Waals surface area contributed by atoms with E-state index in [2.05, 4.69) is 36.3 Å². The van der Waals surface area contributed by atoms with Gasteiger partial charge in [0.05, 0.1) is 29.2 Å². The smallest absolute Gasteiger partial charge is 0.248 e. The molecule has 9 heteroatoms. The van der Waals surface area contributed by atoms with Gasteiger partial charge in [-0.3, -0.25) is 14.4 Å². The Hall–Kier alpha value is -3.04. The van der Waals surface area contributed by atoms with Gasteiger partial charge < -0.3 is 25.5 Å². The van der Waals surface area contributed by atoms with E-state index in [-0.39, 0.29) is 24.3 Å². The van der Waals surface area contributed by atoms with Crippen LogP contribution in [-0.2, 0) is 20.8 Å². The van der Waals surface area contributed by atoms with Gasteiger partial charge in [-0.05, 0) is 76.3 Å². The van der Waals surface area contributed by atoms with Crippen molar-refractivity contribution >= 4 is 40.9 Å². The molecule has 0 radical (unpaired) electrons. The molecule has 6 atom stereocenters. The summed E-state index contributed by atoms with van der Waals surface area (Å²) in [7, 11) is 0. The Morgan fingerprint density at radius 1 is 1.05 bits per heavy atom. The van der Waals surface area contributed by atoms with Crippen LogP contribution in [0.4, 0.5) is 11.4 Å².